The molecule has 25 heavy (non-hydrogen) atoms. The zero-order chi connectivity index (χ0) is 17.5. The van der Waals surface area contributed by atoms with Crippen molar-refractivity contribution in [2.24, 2.45) is 0 Å². The lowest BCUT2D eigenvalue weighted by Gasteiger charge is -2.09. The Bertz CT molecular complexity index is 827. The number of nitrogens with one attached hydrogen (secondary N) is 2. The summed E-state index contributed by atoms with van der Waals surface area (Å²) in [4.78, 5) is 12.6. The number of anilines is 2. The number of halogens is 2. The molecular weight excluding hydrogens is 357 g/mol. The minimum absolute atomic E-state index is 0.641. The lowest BCUT2D eigenvalue weighted by atomic mass is 10.1. The van der Waals surface area contributed by atoms with Crippen molar-refractivity contribution < 1.29 is 0 Å². The predicted molar refractivity (Wildman–Crippen MR) is 102 cm³/mol. The van der Waals surface area contributed by atoms with Crippen LogP contribution >= 0.6 is 23.2 Å². The van der Waals surface area contributed by atoms with Gasteiger partial charge in [0.15, 0.2) is 0 Å². The van der Waals surface area contributed by atoms with Gasteiger partial charge < -0.3 is 10.6 Å². The molecular formula is C18H17Cl2N5. The molecule has 0 aliphatic carbocycles. The summed E-state index contributed by atoms with van der Waals surface area (Å²) in [5.41, 5.74) is 2.13. The summed E-state index contributed by atoms with van der Waals surface area (Å²) in [5, 5.41) is 7.85. The van der Waals surface area contributed by atoms with Crippen LogP contribution in [0.3, 0.4) is 0 Å². The molecule has 2 aromatic heterocycles. The van der Waals surface area contributed by atoms with Crippen molar-refractivity contribution in [3.63, 3.8) is 0 Å². The Morgan fingerprint density at radius 1 is 0.960 bits per heavy atom. The van der Waals surface area contributed by atoms with E-state index in [2.05, 4.69) is 25.6 Å². The molecule has 5 nitrogen and oxygen atoms in total. The van der Waals surface area contributed by atoms with E-state index in [4.69, 9.17) is 23.2 Å². The van der Waals surface area contributed by atoms with E-state index < -0.39 is 0 Å². The van der Waals surface area contributed by atoms with Gasteiger partial charge >= 0.3 is 0 Å². The summed E-state index contributed by atoms with van der Waals surface area (Å²) in [7, 11) is 0. The number of benzene rings is 1. The van der Waals surface area contributed by atoms with E-state index in [1.165, 1.54) is 6.33 Å². The highest BCUT2D eigenvalue weighted by Crippen LogP contribution is 2.21. The standard InChI is InChI=1S/C18H17Cl2N5/c19-15-4-3-14(16(20)8-15)5-7-22-17-9-18(25-12-24-17)23-11-13-2-1-6-21-10-13/h1-4,6,8-10,12H,5,7,11H2,(H2,22,23,24,25). The molecule has 0 radical (unpaired) electrons. The highest BCUT2D eigenvalue weighted by molar-refractivity contribution is 6.35. The largest absolute Gasteiger partial charge is 0.370 e. The summed E-state index contributed by atoms with van der Waals surface area (Å²) >= 11 is 12.1. The van der Waals surface area contributed by atoms with E-state index in [0.717, 1.165) is 29.2 Å². The highest BCUT2D eigenvalue weighted by atomic mass is 35.5. The van der Waals surface area contributed by atoms with Gasteiger partial charge in [0.1, 0.15) is 18.0 Å². The Labute approximate surface area is 156 Å². The maximum atomic E-state index is 6.18. The van der Waals surface area contributed by atoms with Crippen molar-refractivity contribution in [2.75, 3.05) is 17.2 Å². The van der Waals surface area contributed by atoms with Crippen LogP contribution in [0.2, 0.25) is 10.0 Å². The molecule has 0 unspecified atom stereocenters. The molecule has 3 aromatic rings. The van der Waals surface area contributed by atoms with Crippen LogP contribution in [-0.4, -0.2) is 21.5 Å². The molecule has 2 N–H and O–H groups in total. The number of rotatable bonds is 7. The van der Waals surface area contributed by atoms with Gasteiger partial charge in [-0.3, -0.25) is 4.98 Å². The van der Waals surface area contributed by atoms with Crippen LogP contribution in [0.4, 0.5) is 11.6 Å². The van der Waals surface area contributed by atoms with Crippen molar-refractivity contribution in [1.82, 2.24) is 15.0 Å². The third-order valence-corrected chi connectivity index (χ3v) is 4.17. The van der Waals surface area contributed by atoms with Crippen molar-refractivity contribution in [1.29, 1.82) is 0 Å². The van der Waals surface area contributed by atoms with Gasteiger partial charge in [0.2, 0.25) is 0 Å². The normalized spacial score (nSPS) is 10.5. The lowest BCUT2D eigenvalue weighted by Crippen LogP contribution is -2.08. The molecule has 0 bridgehead atoms. The second-order valence-electron chi connectivity index (χ2n) is 5.42. The van der Waals surface area contributed by atoms with Crippen LogP contribution in [0, 0.1) is 0 Å². The van der Waals surface area contributed by atoms with Crippen molar-refractivity contribution >= 4 is 34.8 Å². The number of hydrogen-bond acceptors (Lipinski definition) is 5. The van der Waals surface area contributed by atoms with Gasteiger partial charge in [-0.25, -0.2) is 9.97 Å². The van der Waals surface area contributed by atoms with E-state index in [1.54, 1.807) is 12.3 Å². The minimum atomic E-state index is 0.641. The molecule has 0 spiro atoms. The van der Waals surface area contributed by atoms with Crippen molar-refractivity contribution in [2.45, 2.75) is 13.0 Å². The van der Waals surface area contributed by atoms with E-state index in [9.17, 15) is 0 Å². The third-order valence-electron chi connectivity index (χ3n) is 3.58. The molecule has 0 aliphatic heterocycles. The van der Waals surface area contributed by atoms with Crippen LogP contribution in [0.5, 0.6) is 0 Å². The predicted octanol–water partition coefficient (Wildman–Crippen LogP) is 4.45. The van der Waals surface area contributed by atoms with Crippen LogP contribution in [-0.2, 0) is 13.0 Å². The first-order valence-electron chi connectivity index (χ1n) is 7.83. The second kappa shape index (κ2) is 8.65. The van der Waals surface area contributed by atoms with E-state index in [0.29, 0.717) is 23.1 Å². The summed E-state index contributed by atoms with van der Waals surface area (Å²) in [6, 6.07) is 11.3. The average Bonchev–Trinajstić information content (AvgIpc) is 2.63. The Kier molecular flexibility index (Phi) is 6.04. The summed E-state index contributed by atoms with van der Waals surface area (Å²) in [6.45, 7) is 1.37. The zero-order valence-corrected chi connectivity index (χ0v) is 14.9. The fourth-order valence-corrected chi connectivity index (χ4v) is 2.80. The Balaban J connectivity index is 1.53. The smallest absolute Gasteiger partial charge is 0.131 e. The Morgan fingerprint density at radius 2 is 1.80 bits per heavy atom. The summed E-state index contributed by atoms with van der Waals surface area (Å²) in [5.74, 6) is 1.51. The maximum absolute atomic E-state index is 6.18. The van der Waals surface area contributed by atoms with E-state index >= 15 is 0 Å². The lowest BCUT2D eigenvalue weighted by molar-refractivity contribution is 0.995. The fraction of sp³-hybridized carbons (Fsp3) is 0.167. The zero-order valence-electron chi connectivity index (χ0n) is 13.4. The molecule has 128 valence electrons. The number of nitrogens with zero attached hydrogens (tertiary/aromatic N) is 3. The summed E-state index contributed by atoms with van der Waals surface area (Å²) in [6.07, 6.45) is 5.88. The van der Waals surface area contributed by atoms with Crippen LogP contribution in [0.25, 0.3) is 0 Å². The SMILES string of the molecule is Clc1ccc(CCNc2cc(NCc3cccnc3)ncn2)c(Cl)c1. The Hall–Kier alpha value is -2.37. The van der Waals surface area contributed by atoms with Gasteiger partial charge in [-0.2, -0.15) is 0 Å². The number of aromatic nitrogens is 3. The van der Waals surface area contributed by atoms with Crippen LogP contribution < -0.4 is 10.6 Å². The molecule has 1 aromatic carbocycles. The molecule has 0 fully saturated rings. The van der Waals surface area contributed by atoms with E-state index in [-0.39, 0.29) is 0 Å². The van der Waals surface area contributed by atoms with Crippen LogP contribution in [0.1, 0.15) is 11.1 Å². The molecule has 0 saturated heterocycles. The summed E-state index contributed by atoms with van der Waals surface area (Å²) < 4.78 is 0. The quantitative estimate of drug-likeness (QED) is 0.640. The number of hydrogen-bond donors (Lipinski definition) is 2. The van der Waals surface area contributed by atoms with Gasteiger partial charge in [0.25, 0.3) is 0 Å². The monoisotopic (exact) mass is 373 g/mol. The average molecular weight is 374 g/mol. The number of pyridine rings is 1. The Morgan fingerprint density at radius 3 is 2.56 bits per heavy atom. The highest BCUT2D eigenvalue weighted by Gasteiger charge is 2.03. The molecule has 3 rings (SSSR count). The molecule has 7 heteroatoms. The van der Waals surface area contributed by atoms with Crippen molar-refractivity contribution in [3.05, 3.63) is 76.3 Å². The van der Waals surface area contributed by atoms with Gasteiger partial charge in [0, 0.05) is 41.6 Å². The van der Waals surface area contributed by atoms with E-state index in [1.807, 2.05) is 36.5 Å². The van der Waals surface area contributed by atoms with Gasteiger partial charge in [-0.15, -0.1) is 0 Å². The molecule has 0 aliphatic rings. The van der Waals surface area contributed by atoms with Gasteiger partial charge in [0.05, 0.1) is 0 Å². The van der Waals surface area contributed by atoms with Gasteiger partial charge in [-0.05, 0) is 35.7 Å². The third kappa shape index (κ3) is 5.31. The molecule has 0 amide bonds. The topological polar surface area (TPSA) is 62.7 Å². The first-order valence-corrected chi connectivity index (χ1v) is 8.59. The van der Waals surface area contributed by atoms with Crippen molar-refractivity contribution in [3.8, 4) is 0 Å². The maximum Gasteiger partial charge on any atom is 0.131 e. The first kappa shape index (κ1) is 17.5. The molecule has 2 heterocycles. The first-order chi connectivity index (χ1) is 12.2. The second-order valence-corrected chi connectivity index (χ2v) is 6.26. The minimum Gasteiger partial charge on any atom is -0.370 e. The van der Waals surface area contributed by atoms with Gasteiger partial charge in [-0.1, -0.05) is 35.3 Å². The fourth-order valence-electron chi connectivity index (χ4n) is 2.30. The molecule has 0 atom stereocenters. The molecule has 0 saturated carbocycles. The van der Waals surface area contributed by atoms with Crippen LogP contribution in [0.15, 0.2) is 55.1 Å².